The average Bonchev–Trinajstić information content (AvgIpc) is 2.67. The van der Waals surface area contributed by atoms with E-state index in [-0.39, 0.29) is 35.0 Å². The highest BCUT2D eigenvalue weighted by molar-refractivity contribution is 8.00. The number of carbonyl (C=O) groups excluding carboxylic acids is 1. The van der Waals surface area contributed by atoms with Crippen LogP contribution in [0.4, 0.5) is 0 Å². The summed E-state index contributed by atoms with van der Waals surface area (Å²) in [5.41, 5.74) is 0. The van der Waals surface area contributed by atoms with Crippen molar-refractivity contribution >= 4 is 27.5 Å². The van der Waals surface area contributed by atoms with E-state index in [1.807, 2.05) is 0 Å². The van der Waals surface area contributed by atoms with E-state index >= 15 is 0 Å². The van der Waals surface area contributed by atoms with Gasteiger partial charge in [0.15, 0.2) is 9.84 Å². The fourth-order valence-corrected chi connectivity index (χ4v) is 4.33. The van der Waals surface area contributed by atoms with Gasteiger partial charge in [0.2, 0.25) is 5.91 Å². The van der Waals surface area contributed by atoms with Crippen molar-refractivity contribution in [2.24, 2.45) is 0 Å². The number of phenols is 1. The van der Waals surface area contributed by atoms with E-state index in [1.54, 1.807) is 24.3 Å². The van der Waals surface area contributed by atoms with Crippen molar-refractivity contribution in [3.05, 3.63) is 24.3 Å². The van der Waals surface area contributed by atoms with Gasteiger partial charge in [-0.2, -0.15) is 0 Å². The van der Waals surface area contributed by atoms with Crippen LogP contribution >= 0.6 is 11.8 Å². The van der Waals surface area contributed by atoms with E-state index in [0.717, 1.165) is 0 Å². The van der Waals surface area contributed by atoms with Gasteiger partial charge in [-0.05, 0) is 18.6 Å². The number of amides is 1. The van der Waals surface area contributed by atoms with Gasteiger partial charge in [-0.3, -0.25) is 4.79 Å². The molecule has 0 aliphatic carbocycles. The van der Waals surface area contributed by atoms with Crippen LogP contribution < -0.4 is 5.32 Å². The zero-order valence-electron chi connectivity index (χ0n) is 10.2. The molecule has 0 spiro atoms. The molecule has 104 valence electrons. The van der Waals surface area contributed by atoms with E-state index in [9.17, 15) is 18.3 Å². The highest BCUT2D eigenvalue weighted by atomic mass is 32.2. The number of rotatable bonds is 4. The number of phenolic OH excluding ortho intramolecular Hbond substituents is 1. The predicted molar refractivity (Wildman–Crippen MR) is 74.0 cm³/mol. The summed E-state index contributed by atoms with van der Waals surface area (Å²) in [7, 11) is -2.98. The molecule has 0 radical (unpaired) electrons. The number of thioether (sulfide) groups is 1. The van der Waals surface area contributed by atoms with Gasteiger partial charge >= 0.3 is 0 Å². The van der Waals surface area contributed by atoms with E-state index in [2.05, 4.69) is 5.32 Å². The molecule has 0 aromatic heterocycles. The third-order valence-corrected chi connectivity index (χ3v) is 5.65. The van der Waals surface area contributed by atoms with Crippen molar-refractivity contribution in [1.82, 2.24) is 5.32 Å². The summed E-state index contributed by atoms with van der Waals surface area (Å²) in [5.74, 6) is 0.262. The number of benzene rings is 1. The second-order valence-corrected chi connectivity index (χ2v) is 7.67. The first kappa shape index (κ1) is 14.2. The summed E-state index contributed by atoms with van der Waals surface area (Å²) >= 11 is 1.23. The lowest BCUT2D eigenvalue weighted by Crippen LogP contribution is -2.36. The molecule has 0 saturated carbocycles. The monoisotopic (exact) mass is 301 g/mol. The Balaban J connectivity index is 1.81. The molecule has 1 aliphatic rings. The topological polar surface area (TPSA) is 83.5 Å². The lowest BCUT2D eigenvalue weighted by Gasteiger charge is -2.10. The summed E-state index contributed by atoms with van der Waals surface area (Å²) in [4.78, 5) is 12.3. The van der Waals surface area contributed by atoms with E-state index in [0.29, 0.717) is 11.3 Å². The van der Waals surface area contributed by atoms with Gasteiger partial charge in [0, 0.05) is 10.9 Å². The molecule has 2 N–H and O–H groups in total. The lowest BCUT2D eigenvalue weighted by molar-refractivity contribution is -0.119. The minimum Gasteiger partial charge on any atom is -0.507 e. The molecule has 0 bridgehead atoms. The Hall–Kier alpha value is -1.21. The van der Waals surface area contributed by atoms with Gasteiger partial charge in [0.05, 0.1) is 17.3 Å². The molecule has 1 aromatic carbocycles. The molecule has 1 unspecified atom stereocenters. The first-order chi connectivity index (χ1) is 8.96. The highest BCUT2D eigenvalue weighted by Crippen LogP contribution is 2.27. The maximum atomic E-state index is 11.7. The van der Waals surface area contributed by atoms with Crippen LogP contribution in [0.3, 0.4) is 0 Å². The molecule has 1 aromatic rings. The number of aromatic hydroxyl groups is 1. The Labute approximate surface area is 116 Å². The standard InChI is InChI=1S/C12H15NO4S2/c14-10-3-1-2-4-11(10)18-7-12(15)13-9-5-6-19(16,17)8-9/h1-4,9,14H,5-8H2,(H,13,15). The molecule has 7 heteroatoms. The summed E-state index contributed by atoms with van der Waals surface area (Å²) < 4.78 is 22.5. The van der Waals surface area contributed by atoms with Gasteiger partial charge in [-0.1, -0.05) is 12.1 Å². The van der Waals surface area contributed by atoms with Gasteiger partial charge in [0.25, 0.3) is 0 Å². The maximum Gasteiger partial charge on any atom is 0.230 e. The minimum atomic E-state index is -2.98. The van der Waals surface area contributed by atoms with Crippen molar-refractivity contribution in [2.45, 2.75) is 17.4 Å². The molecule has 1 saturated heterocycles. The third kappa shape index (κ3) is 4.14. The SMILES string of the molecule is O=C(CSc1ccccc1O)NC1CCS(=O)(=O)C1. The number of para-hydroxylation sites is 1. The number of nitrogens with one attached hydrogen (secondary N) is 1. The molecule has 5 nitrogen and oxygen atoms in total. The van der Waals surface area contributed by atoms with Crippen LogP contribution in [0.1, 0.15) is 6.42 Å². The average molecular weight is 301 g/mol. The fraction of sp³-hybridized carbons (Fsp3) is 0.417. The highest BCUT2D eigenvalue weighted by Gasteiger charge is 2.28. The molecule has 1 fully saturated rings. The van der Waals surface area contributed by atoms with Crippen molar-refractivity contribution in [3.8, 4) is 5.75 Å². The smallest absolute Gasteiger partial charge is 0.230 e. The molecule has 1 heterocycles. The Morgan fingerprint density at radius 2 is 2.16 bits per heavy atom. The molecule has 2 rings (SSSR count). The maximum absolute atomic E-state index is 11.7. The summed E-state index contributed by atoms with van der Waals surface area (Å²) in [6.07, 6.45) is 0.481. The van der Waals surface area contributed by atoms with Crippen molar-refractivity contribution in [2.75, 3.05) is 17.3 Å². The molecule has 1 aliphatic heterocycles. The summed E-state index contributed by atoms with van der Waals surface area (Å²) in [5, 5.41) is 12.2. The van der Waals surface area contributed by atoms with Gasteiger partial charge in [-0.15, -0.1) is 11.8 Å². The molecule has 1 amide bonds. The summed E-state index contributed by atoms with van der Waals surface area (Å²) in [6, 6.07) is 6.51. The normalized spacial score (nSPS) is 21.2. The summed E-state index contributed by atoms with van der Waals surface area (Å²) in [6.45, 7) is 0. The first-order valence-corrected chi connectivity index (χ1v) is 8.67. The number of carbonyl (C=O) groups is 1. The molecular formula is C12H15NO4S2. The number of hydrogen-bond acceptors (Lipinski definition) is 5. The fourth-order valence-electron chi connectivity index (χ4n) is 1.90. The van der Waals surface area contributed by atoms with Crippen LogP contribution in [0.5, 0.6) is 5.75 Å². The van der Waals surface area contributed by atoms with Gasteiger partial charge in [-0.25, -0.2) is 8.42 Å². The third-order valence-electron chi connectivity index (χ3n) is 2.82. The number of sulfone groups is 1. The molecular weight excluding hydrogens is 286 g/mol. The van der Waals surface area contributed by atoms with Gasteiger partial charge in [0.1, 0.15) is 5.75 Å². The van der Waals surface area contributed by atoms with Crippen LogP contribution in [0.25, 0.3) is 0 Å². The molecule has 1 atom stereocenters. The van der Waals surface area contributed by atoms with E-state index in [1.165, 1.54) is 11.8 Å². The number of hydrogen-bond donors (Lipinski definition) is 2. The first-order valence-electron chi connectivity index (χ1n) is 5.87. The second kappa shape index (κ2) is 5.83. The Bertz CT molecular complexity index is 571. The lowest BCUT2D eigenvalue weighted by atomic mass is 10.3. The van der Waals surface area contributed by atoms with E-state index < -0.39 is 9.84 Å². The Morgan fingerprint density at radius 3 is 2.79 bits per heavy atom. The van der Waals surface area contributed by atoms with Crippen molar-refractivity contribution in [3.63, 3.8) is 0 Å². The van der Waals surface area contributed by atoms with Crippen LogP contribution in [0.15, 0.2) is 29.2 Å². The second-order valence-electron chi connectivity index (χ2n) is 4.42. The van der Waals surface area contributed by atoms with Crippen LogP contribution in [0, 0.1) is 0 Å². The molecule has 19 heavy (non-hydrogen) atoms. The quantitative estimate of drug-likeness (QED) is 0.803. The van der Waals surface area contributed by atoms with Crippen LogP contribution in [-0.4, -0.2) is 42.7 Å². The largest absolute Gasteiger partial charge is 0.507 e. The zero-order chi connectivity index (χ0) is 13.9. The Morgan fingerprint density at radius 1 is 1.42 bits per heavy atom. The van der Waals surface area contributed by atoms with Crippen molar-refractivity contribution < 1.29 is 18.3 Å². The zero-order valence-corrected chi connectivity index (χ0v) is 11.8. The minimum absolute atomic E-state index is 0.0278. The Kier molecular flexibility index (Phi) is 4.36. The van der Waals surface area contributed by atoms with E-state index in [4.69, 9.17) is 0 Å². The predicted octanol–water partition coefficient (Wildman–Crippen LogP) is 0.788. The van der Waals surface area contributed by atoms with Crippen LogP contribution in [0.2, 0.25) is 0 Å². The van der Waals surface area contributed by atoms with Gasteiger partial charge < -0.3 is 10.4 Å². The van der Waals surface area contributed by atoms with Crippen LogP contribution in [-0.2, 0) is 14.6 Å². The van der Waals surface area contributed by atoms with Crippen molar-refractivity contribution in [1.29, 1.82) is 0 Å².